The van der Waals surface area contributed by atoms with Gasteiger partial charge < -0.3 is 21.7 Å². The minimum Gasteiger partial charge on any atom is -0.352 e. The Hall–Kier alpha value is -1.01. The molecule has 0 aromatic rings. The number of amides is 3. The van der Waals surface area contributed by atoms with E-state index in [0.29, 0.717) is 19.5 Å². The molecular formula is C14H29ClN4O2. The van der Waals surface area contributed by atoms with Gasteiger partial charge in [-0.1, -0.05) is 33.6 Å². The average molecular weight is 321 g/mol. The highest BCUT2D eigenvalue weighted by atomic mass is 35.5. The largest absolute Gasteiger partial charge is 0.352 e. The van der Waals surface area contributed by atoms with Crippen molar-refractivity contribution in [1.29, 1.82) is 0 Å². The van der Waals surface area contributed by atoms with Crippen molar-refractivity contribution in [2.75, 3.05) is 13.1 Å². The molecule has 6 nitrogen and oxygen atoms in total. The minimum atomic E-state index is -0.646. The summed E-state index contributed by atoms with van der Waals surface area (Å²) in [6.07, 6.45) is 3.27. The Morgan fingerprint density at radius 3 is 2.52 bits per heavy atom. The maximum atomic E-state index is 12.5. The van der Waals surface area contributed by atoms with Crippen LogP contribution in [0.25, 0.3) is 0 Å². The Balaban J connectivity index is 0.00000400. The minimum absolute atomic E-state index is 0. The predicted octanol–water partition coefficient (Wildman–Crippen LogP) is 1.22. The number of hydrogen-bond acceptors (Lipinski definition) is 3. The van der Waals surface area contributed by atoms with E-state index in [2.05, 4.69) is 26.1 Å². The Morgan fingerprint density at radius 2 is 2.05 bits per heavy atom. The van der Waals surface area contributed by atoms with Crippen molar-refractivity contribution in [3.8, 4) is 0 Å². The number of nitrogens with two attached hydrogens (primary N) is 2. The lowest BCUT2D eigenvalue weighted by Crippen LogP contribution is -2.58. The molecule has 124 valence electrons. The number of piperidine rings is 1. The summed E-state index contributed by atoms with van der Waals surface area (Å²) >= 11 is 0. The monoisotopic (exact) mass is 320 g/mol. The molecule has 0 aliphatic carbocycles. The van der Waals surface area contributed by atoms with Gasteiger partial charge in [0.1, 0.15) is 6.04 Å². The van der Waals surface area contributed by atoms with Crippen molar-refractivity contribution in [3.63, 3.8) is 0 Å². The number of likely N-dealkylation sites (tertiary alicyclic amines) is 1. The topological polar surface area (TPSA) is 101 Å². The van der Waals surface area contributed by atoms with E-state index in [4.69, 9.17) is 11.5 Å². The molecule has 5 N–H and O–H groups in total. The first-order chi connectivity index (χ1) is 9.27. The van der Waals surface area contributed by atoms with Gasteiger partial charge in [0, 0.05) is 19.1 Å². The summed E-state index contributed by atoms with van der Waals surface area (Å²) in [5.41, 5.74) is 11.1. The van der Waals surface area contributed by atoms with Crippen LogP contribution in [0.5, 0.6) is 0 Å². The van der Waals surface area contributed by atoms with E-state index < -0.39 is 12.1 Å². The van der Waals surface area contributed by atoms with Crippen LogP contribution in [0.2, 0.25) is 0 Å². The third-order valence-electron chi connectivity index (χ3n) is 4.08. The van der Waals surface area contributed by atoms with Gasteiger partial charge in [-0.2, -0.15) is 0 Å². The fourth-order valence-corrected chi connectivity index (χ4v) is 2.62. The third-order valence-corrected chi connectivity index (χ3v) is 4.08. The Labute approximate surface area is 133 Å². The Morgan fingerprint density at radius 1 is 1.43 bits per heavy atom. The van der Waals surface area contributed by atoms with Crippen molar-refractivity contribution in [3.05, 3.63) is 0 Å². The lowest BCUT2D eigenvalue weighted by molar-refractivity contribution is -0.136. The van der Waals surface area contributed by atoms with Gasteiger partial charge in [0.05, 0.1) is 0 Å². The number of unbranched alkanes of at least 4 members (excludes halogenated alkanes) is 1. The first-order valence-corrected chi connectivity index (χ1v) is 7.38. The van der Waals surface area contributed by atoms with Gasteiger partial charge in [0.15, 0.2) is 0 Å². The summed E-state index contributed by atoms with van der Waals surface area (Å²) in [5.74, 6) is -0.0442. The molecule has 0 spiro atoms. The molecule has 2 atom stereocenters. The van der Waals surface area contributed by atoms with Crippen LogP contribution in [0.1, 0.15) is 46.5 Å². The normalized spacial score (nSPS) is 22.1. The highest BCUT2D eigenvalue weighted by molar-refractivity contribution is 5.86. The van der Waals surface area contributed by atoms with Crippen molar-refractivity contribution >= 4 is 24.3 Å². The number of nitrogens with one attached hydrogen (secondary N) is 1. The van der Waals surface area contributed by atoms with E-state index in [1.54, 1.807) is 4.90 Å². The molecule has 1 heterocycles. The Bertz CT molecular complexity index is 363. The summed E-state index contributed by atoms with van der Waals surface area (Å²) in [5, 5.41) is 2.57. The van der Waals surface area contributed by atoms with E-state index in [1.807, 2.05) is 0 Å². The molecule has 7 heteroatoms. The highest BCUT2D eigenvalue weighted by Gasteiger charge is 2.37. The number of halogens is 1. The van der Waals surface area contributed by atoms with Gasteiger partial charge in [0.2, 0.25) is 5.91 Å². The molecule has 1 aliphatic rings. The average Bonchev–Trinajstić information content (AvgIpc) is 2.36. The van der Waals surface area contributed by atoms with E-state index in [9.17, 15) is 9.59 Å². The van der Waals surface area contributed by atoms with Crippen LogP contribution in [-0.2, 0) is 4.79 Å². The van der Waals surface area contributed by atoms with Crippen LogP contribution in [0.15, 0.2) is 0 Å². The molecule has 1 saturated heterocycles. The van der Waals surface area contributed by atoms with Crippen LogP contribution < -0.4 is 16.8 Å². The fraction of sp³-hybridized carbons (Fsp3) is 0.857. The lowest BCUT2D eigenvalue weighted by Gasteiger charge is -2.43. The summed E-state index contributed by atoms with van der Waals surface area (Å²) in [6.45, 7) is 7.46. The van der Waals surface area contributed by atoms with Crippen molar-refractivity contribution < 1.29 is 9.59 Å². The van der Waals surface area contributed by atoms with Gasteiger partial charge in [0.25, 0.3) is 0 Å². The number of nitrogens with zero attached hydrogens (tertiary/aromatic N) is 1. The van der Waals surface area contributed by atoms with Crippen LogP contribution >= 0.6 is 12.4 Å². The summed E-state index contributed by atoms with van der Waals surface area (Å²) in [7, 11) is 0. The van der Waals surface area contributed by atoms with Gasteiger partial charge in [-0.3, -0.25) is 4.79 Å². The number of urea groups is 1. The molecule has 0 aromatic heterocycles. The van der Waals surface area contributed by atoms with E-state index in [1.165, 1.54) is 0 Å². The van der Waals surface area contributed by atoms with E-state index >= 15 is 0 Å². The molecule has 0 aromatic carbocycles. The van der Waals surface area contributed by atoms with E-state index in [-0.39, 0.29) is 29.8 Å². The SMILES string of the molecule is CCCCC(NC(N)=O)C(=O)N1CCC(N)C(C)(C)C1.Cl. The molecule has 0 radical (unpaired) electrons. The molecular weight excluding hydrogens is 292 g/mol. The fourth-order valence-electron chi connectivity index (χ4n) is 2.62. The van der Waals surface area contributed by atoms with Gasteiger partial charge in [-0.25, -0.2) is 4.79 Å². The number of hydrogen-bond donors (Lipinski definition) is 3. The molecule has 2 unspecified atom stereocenters. The lowest BCUT2D eigenvalue weighted by atomic mass is 9.79. The second kappa shape index (κ2) is 8.44. The molecule has 3 amide bonds. The van der Waals surface area contributed by atoms with Crippen LogP contribution in [0.4, 0.5) is 4.79 Å². The standard InChI is InChI=1S/C14H28N4O2.ClH/c1-4-5-6-10(17-13(16)20)12(19)18-8-7-11(15)14(2,3)9-18;/h10-11H,4-9,15H2,1-3H3,(H3,16,17,20);1H. The second-order valence-corrected chi connectivity index (χ2v) is 6.35. The molecule has 21 heavy (non-hydrogen) atoms. The molecule has 1 aliphatic heterocycles. The van der Waals surface area contributed by atoms with Gasteiger partial charge in [-0.05, 0) is 18.3 Å². The van der Waals surface area contributed by atoms with Gasteiger partial charge in [-0.15, -0.1) is 12.4 Å². The van der Waals surface area contributed by atoms with Crippen molar-refractivity contribution in [1.82, 2.24) is 10.2 Å². The zero-order valence-electron chi connectivity index (χ0n) is 13.2. The number of carbonyl (C=O) groups is 2. The smallest absolute Gasteiger partial charge is 0.312 e. The third kappa shape index (κ3) is 5.71. The van der Waals surface area contributed by atoms with Gasteiger partial charge >= 0.3 is 6.03 Å². The zero-order valence-corrected chi connectivity index (χ0v) is 14.0. The summed E-state index contributed by atoms with van der Waals surface area (Å²) < 4.78 is 0. The number of rotatable bonds is 5. The predicted molar refractivity (Wildman–Crippen MR) is 86.2 cm³/mol. The molecule has 0 saturated carbocycles. The quantitative estimate of drug-likeness (QED) is 0.709. The number of primary amides is 1. The van der Waals surface area contributed by atoms with Crippen molar-refractivity contribution in [2.45, 2.75) is 58.5 Å². The van der Waals surface area contributed by atoms with Crippen LogP contribution in [-0.4, -0.2) is 42.0 Å². The zero-order chi connectivity index (χ0) is 15.3. The molecule has 1 rings (SSSR count). The Kier molecular flexibility index (Phi) is 8.03. The molecule has 1 fully saturated rings. The maximum absolute atomic E-state index is 12.5. The van der Waals surface area contributed by atoms with Crippen molar-refractivity contribution in [2.24, 2.45) is 16.9 Å². The first kappa shape index (κ1) is 20.0. The maximum Gasteiger partial charge on any atom is 0.312 e. The second-order valence-electron chi connectivity index (χ2n) is 6.35. The highest BCUT2D eigenvalue weighted by Crippen LogP contribution is 2.28. The first-order valence-electron chi connectivity index (χ1n) is 7.38. The number of carbonyl (C=O) groups excluding carboxylic acids is 2. The van der Waals surface area contributed by atoms with Crippen LogP contribution in [0, 0.1) is 5.41 Å². The molecule has 0 bridgehead atoms. The van der Waals surface area contributed by atoms with E-state index in [0.717, 1.165) is 19.3 Å². The van der Waals surface area contributed by atoms with Crippen LogP contribution in [0.3, 0.4) is 0 Å². The summed E-state index contributed by atoms with van der Waals surface area (Å²) in [6, 6.07) is -1.06. The summed E-state index contributed by atoms with van der Waals surface area (Å²) in [4.78, 5) is 25.4.